The number of benzene rings is 2. The lowest BCUT2D eigenvalue weighted by Gasteiger charge is -2.25. The zero-order valence-corrected chi connectivity index (χ0v) is 23.0. The summed E-state index contributed by atoms with van der Waals surface area (Å²) in [6.45, 7) is 1.97. The Labute approximate surface area is 226 Å². The normalized spacial score (nSPS) is 15.6. The van der Waals surface area contributed by atoms with Crippen LogP contribution in [-0.2, 0) is 9.53 Å². The van der Waals surface area contributed by atoms with Crippen molar-refractivity contribution in [2.24, 2.45) is 4.99 Å². The highest BCUT2D eigenvalue weighted by Gasteiger charge is 2.35. The molecule has 0 aliphatic carbocycles. The molecule has 3 heterocycles. The highest BCUT2D eigenvalue weighted by Crippen LogP contribution is 2.35. The Morgan fingerprint density at radius 3 is 2.51 bits per heavy atom. The predicted octanol–water partition coefficient (Wildman–Crippen LogP) is 4.90. The molecule has 176 valence electrons. The van der Waals surface area contributed by atoms with Gasteiger partial charge in [-0.25, -0.2) is 9.79 Å². The monoisotopic (exact) mass is 660 g/mol. The molecule has 9 heteroatoms. The Bertz CT molecular complexity index is 1600. The number of thiazole rings is 1. The first-order chi connectivity index (χ1) is 17.0. The number of hydrogen-bond acceptors (Lipinski definition) is 6. The van der Waals surface area contributed by atoms with Crippen LogP contribution in [0.4, 0.5) is 0 Å². The molecule has 2 aromatic carbocycles. The Hall–Kier alpha value is -2.76. The molecule has 0 saturated heterocycles. The fourth-order valence-electron chi connectivity index (χ4n) is 3.95. The minimum atomic E-state index is -0.688. The summed E-state index contributed by atoms with van der Waals surface area (Å²) in [7, 11) is 0. The van der Waals surface area contributed by atoms with Crippen LogP contribution in [0.15, 0.2) is 91.0 Å². The van der Waals surface area contributed by atoms with Crippen molar-refractivity contribution < 1.29 is 13.9 Å². The number of ether oxygens (including phenoxy) is 1. The number of nitrogens with zero attached hydrogens (tertiary/aromatic N) is 2. The van der Waals surface area contributed by atoms with Gasteiger partial charge in [0.05, 0.1) is 32.9 Å². The molecule has 0 N–H and O–H groups in total. The van der Waals surface area contributed by atoms with E-state index in [1.165, 1.54) is 11.3 Å². The Balaban J connectivity index is 1.83. The highest BCUT2D eigenvalue weighted by molar-refractivity contribution is 14.1. The van der Waals surface area contributed by atoms with Gasteiger partial charge in [-0.05, 0) is 34.5 Å². The Kier molecular flexibility index (Phi) is 6.90. The van der Waals surface area contributed by atoms with Crippen molar-refractivity contribution in [3.05, 3.63) is 117 Å². The minimum absolute atomic E-state index is 0.211. The maximum absolute atomic E-state index is 13.7. The molecular weight excluding hydrogens is 643 g/mol. The standard InChI is InChI=1S/C26H18BrIN2O4S/c1-2-33-25(32)20-21(15-9-5-3-6-10-15)29-26-30(22(20)16-11-7-4-8-12-16)24(31)19(35-26)14-17-13-18(27)23(28)34-17/h3-14,22H,2H2,1H3/b19-14+/t22-/m0/s1. The predicted molar refractivity (Wildman–Crippen MR) is 147 cm³/mol. The van der Waals surface area contributed by atoms with Crippen molar-refractivity contribution in [2.75, 3.05) is 6.61 Å². The maximum Gasteiger partial charge on any atom is 0.338 e. The van der Waals surface area contributed by atoms with E-state index in [2.05, 4.69) is 38.5 Å². The number of esters is 1. The molecule has 2 aromatic heterocycles. The van der Waals surface area contributed by atoms with Gasteiger partial charge in [-0.1, -0.05) is 72.0 Å². The van der Waals surface area contributed by atoms with Gasteiger partial charge in [0.25, 0.3) is 5.56 Å². The SMILES string of the molecule is CCOC(=O)C1=C(c2ccccc2)N=c2s/c(=C/c3cc(Br)c(I)o3)c(=O)n2[C@H]1c1ccccc1. The van der Waals surface area contributed by atoms with Crippen LogP contribution in [0.3, 0.4) is 0 Å². The van der Waals surface area contributed by atoms with E-state index in [0.717, 1.165) is 15.6 Å². The molecule has 0 unspecified atom stereocenters. The van der Waals surface area contributed by atoms with Crippen LogP contribution < -0.4 is 14.9 Å². The second-order valence-corrected chi connectivity index (χ2v) is 10.5. The van der Waals surface area contributed by atoms with Gasteiger partial charge in [-0.2, -0.15) is 0 Å². The van der Waals surface area contributed by atoms with Crippen LogP contribution in [-0.4, -0.2) is 17.1 Å². The van der Waals surface area contributed by atoms with Gasteiger partial charge in [0.1, 0.15) is 5.76 Å². The van der Waals surface area contributed by atoms with E-state index in [1.54, 1.807) is 17.6 Å². The van der Waals surface area contributed by atoms with E-state index in [9.17, 15) is 9.59 Å². The summed E-state index contributed by atoms with van der Waals surface area (Å²) in [5, 5.41) is 0. The lowest BCUT2D eigenvalue weighted by atomic mass is 9.93. The number of hydrogen-bond donors (Lipinski definition) is 0. The first-order valence-corrected chi connectivity index (χ1v) is 13.4. The summed E-state index contributed by atoms with van der Waals surface area (Å²) in [6, 6.07) is 20.1. The quantitative estimate of drug-likeness (QED) is 0.226. The van der Waals surface area contributed by atoms with Crippen molar-refractivity contribution in [3.63, 3.8) is 0 Å². The molecule has 0 amide bonds. The van der Waals surface area contributed by atoms with Crippen molar-refractivity contribution in [1.29, 1.82) is 0 Å². The van der Waals surface area contributed by atoms with Gasteiger partial charge in [-0.15, -0.1) is 0 Å². The third-order valence-corrected chi connectivity index (χ3v) is 8.54. The topological polar surface area (TPSA) is 73.8 Å². The summed E-state index contributed by atoms with van der Waals surface area (Å²) >= 11 is 6.78. The molecule has 35 heavy (non-hydrogen) atoms. The van der Waals surface area contributed by atoms with Crippen molar-refractivity contribution in [3.8, 4) is 0 Å². The summed E-state index contributed by atoms with van der Waals surface area (Å²) in [5.41, 5.74) is 2.15. The highest BCUT2D eigenvalue weighted by atomic mass is 127. The number of carbonyl (C=O) groups excluding carboxylic acids is 1. The van der Waals surface area contributed by atoms with Crippen LogP contribution in [0.25, 0.3) is 11.8 Å². The molecule has 0 spiro atoms. The summed E-state index contributed by atoms with van der Waals surface area (Å²) < 4.78 is 14.7. The first kappa shape index (κ1) is 24.0. The van der Waals surface area contributed by atoms with Gasteiger partial charge in [-0.3, -0.25) is 9.36 Å². The Morgan fingerprint density at radius 1 is 1.20 bits per heavy atom. The second kappa shape index (κ2) is 10.1. The molecule has 0 radical (unpaired) electrons. The van der Waals surface area contributed by atoms with E-state index in [0.29, 0.717) is 30.1 Å². The third kappa shape index (κ3) is 4.60. The second-order valence-electron chi connectivity index (χ2n) is 7.61. The van der Waals surface area contributed by atoms with Crippen LogP contribution in [0.1, 0.15) is 29.9 Å². The first-order valence-electron chi connectivity index (χ1n) is 10.8. The molecule has 1 aliphatic rings. The van der Waals surface area contributed by atoms with Crippen LogP contribution in [0, 0.1) is 3.77 Å². The van der Waals surface area contributed by atoms with Crippen molar-refractivity contribution >= 4 is 67.6 Å². The number of carbonyl (C=O) groups is 1. The van der Waals surface area contributed by atoms with E-state index < -0.39 is 12.0 Å². The minimum Gasteiger partial charge on any atom is -0.463 e. The summed E-state index contributed by atoms with van der Waals surface area (Å²) in [4.78, 5) is 32.4. The van der Waals surface area contributed by atoms with E-state index in [4.69, 9.17) is 14.1 Å². The Morgan fingerprint density at radius 2 is 1.89 bits per heavy atom. The van der Waals surface area contributed by atoms with E-state index >= 15 is 0 Å². The molecular formula is C26H18BrIN2O4S. The fraction of sp³-hybridized carbons (Fsp3) is 0.115. The van der Waals surface area contributed by atoms with Gasteiger partial charge in [0.15, 0.2) is 8.57 Å². The average Bonchev–Trinajstić information content (AvgIpc) is 3.36. The zero-order valence-electron chi connectivity index (χ0n) is 18.4. The van der Waals surface area contributed by atoms with Gasteiger partial charge in [0, 0.05) is 34.2 Å². The maximum atomic E-state index is 13.7. The van der Waals surface area contributed by atoms with Crippen LogP contribution in [0.2, 0.25) is 0 Å². The lowest BCUT2D eigenvalue weighted by Crippen LogP contribution is -2.39. The fourth-order valence-corrected chi connectivity index (χ4v) is 5.65. The van der Waals surface area contributed by atoms with Crippen molar-refractivity contribution in [2.45, 2.75) is 13.0 Å². The summed E-state index contributed by atoms with van der Waals surface area (Å²) in [6.07, 6.45) is 1.70. The molecule has 0 saturated carbocycles. The number of halogens is 2. The average molecular weight is 661 g/mol. The van der Waals surface area contributed by atoms with Gasteiger partial charge >= 0.3 is 5.97 Å². The number of fused-ring (bicyclic) bond motifs is 1. The zero-order chi connectivity index (χ0) is 24.5. The largest absolute Gasteiger partial charge is 0.463 e. The molecule has 6 nitrogen and oxygen atoms in total. The van der Waals surface area contributed by atoms with Gasteiger partial charge < -0.3 is 9.15 Å². The van der Waals surface area contributed by atoms with Crippen molar-refractivity contribution in [1.82, 2.24) is 4.57 Å². The molecule has 1 aliphatic heterocycles. The van der Waals surface area contributed by atoms with Crippen LogP contribution in [0.5, 0.6) is 0 Å². The van der Waals surface area contributed by atoms with E-state index in [-0.39, 0.29) is 12.2 Å². The number of rotatable bonds is 5. The molecule has 0 fully saturated rings. The lowest BCUT2D eigenvalue weighted by molar-refractivity contribution is -0.138. The molecule has 4 aromatic rings. The van der Waals surface area contributed by atoms with Gasteiger partial charge in [0.2, 0.25) is 0 Å². The smallest absolute Gasteiger partial charge is 0.338 e. The molecule has 0 bridgehead atoms. The molecule has 5 rings (SSSR count). The molecule has 1 atom stereocenters. The third-order valence-electron chi connectivity index (χ3n) is 5.43. The number of aromatic nitrogens is 1. The van der Waals surface area contributed by atoms with Crippen LogP contribution >= 0.6 is 49.9 Å². The number of furan rings is 1. The van der Waals surface area contributed by atoms with E-state index in [1.807, 2.05) is 66.7 Å². The summed E-state index contributed by atoms with van der Waals surface area (Å²) in [5.74, 6) is 0.0541.